The molecule has 4 heteroatoms. The van der Waals surface area contributed by atoms with Crippen LogP contribution in [0.25, 0.3) is 116 Å². The summed E-state index contributed by atoms with van der Waals surface area (Å²) >= 11 is 0. The maximum Gasteiger partial charge on any atom is 0.164 e. The van der Waals surface area contributed by atoms with Gasteiger partial charge in [0.15, 0.2) is 17.5 Å². The monoisotopic (exact) mass is 724 g/mol. The first-order valence-electron chi connectivity index (χ1n) is 19.4. The van der Waals surface area contributed by atoms with Crippen LogP contribution in [-0.4, -0.2) is 19.5 Å². The highest BCUT2D eigenvalue weighted by molar-refractivity contribution is 6.39. The molecule has 0 aliphatic rings. The Morgan fingerprint density at radius 3 is 1.54 bits per heavy atom. The van der Waals surface area contributed by atoms with E-state index in [0.29, 0.717) is 17.5 Å². The molecule has 0 atom stereocenters. The van der Waals surface area contributed by atoms with Crippen LogP contribution < -0.4 is 0 Å². The van der Waals surface area contributed by atoms with Crippen LogP contribution >= 0.6 is 0 Å². The van der Waals surface area contributed by atoms with Gasteiger partial charge in [-0.05, 0) is 91.3 Å². The van der Waals surface area contributed by atoms with E-state index < -0.39 is 0 Å². The molecule has 0 unspecified atom stereocenters. The number of fused-ring (bicyclic) bond motifs is 6. The molecule has 2 aromatic heterocycles. The van der Waals surface area contributed by atoms with Crippen LogP contribution in [0.1, 0.15) is 0 Å². The van der Waals surface area contributed by atoms with E-state index in [2.05, 4.69) is 168 Å². The quantitative estimate of drug-likeness (QED) is 0.166. The zero-order chi connectivity index (χ0) is 37.5. The van der Waals surface area contributed by atoms with Crippen molar-refractivity contribution in [2.24, 2.45) is 0 Å². The molecule has 0 spiro atoms. The summed E-state index contributed by atoms with van der Waals surface area (Å²) in [5.41, 5.74) is 8.62. The summed E-state index contributed by atoms with van der Waals surface area (Å²) in [6, 6.07) is 69.1. The normalized spacial score (nSPS) is 11.9. The van der Waals surface area contributed by atoms with E-state index in [1.165, 1.54) is 70.5 Å². The van der Waals surface area contributed by atoms with Crippen molar-refractivity contribution in [1.82, 2.24) is 19.5 Å². The number of benzene rings is 10. The first-order valence-corrected chi connectivity index (χ1v) is 19.4. The third-order valence-corrected chi connectivity index (χ3v) is 11.6. The Morgan fingerprint density at radius 2 is 0.807 bits per heavy atom. The summed E-state index contributed by atoms with van der Waals surface area (Å²) in [6.07, 6.45) is 0. The average molecular weight is 725 g/mol. The molecule has 4 nitrogen and oxygen atoms in total. The minimum absolute atomic E-state index is 0.634. The van der Waals surface area contributed by atoms with Gasteiger partial charge in [0.1, 0.15) is 0 Å². The van der Waals surface area contributed by atoms with Crippen molar-refractivity contribution in [2.75, 3.05) is 0 Å². The van der Waals surface area contributed by atoms with Crippen molar-refractivity contribution in [3.8, 4) is 51.0 Å². The fourth-order valence-corrected chi connectivity index (χ4v) is 8.89. The van der Waals surface area contributed by atoms with Gasteiger partial charge in [0, 0.05) is 38.5 Å². The molecule has 0 aliphatic heterocycles. The Hall–Kier alpha value is -7.69. The smallest absolute Gasteiger partial charge is 0.164 e. The third kappa shape index (κ3) is 4.98. The number of nitrogens with zero attached hydrogens (tertiary/aromatic N) is 4. The molecule has 0 saturated heterocycles. The van der Waals surface area contributed by atoms with Gasteiger partial charge in [-0.15, -0.1) is 0 Å². The van der Waals surface area contributed by atoms with Crippen molar-refractivity contribution in [3.05, 3.63) is 194 Å². The topological polar surface area (TPSA) is 43.6 Å². The highest BCUT2D eigenvalue weighted by Gasteiger charge is 2.22. The molecular weight excluding hydrogens is 693 g/mol. The Kier molecular flexibility index (Phi) is 6.89. The Morgan fingerprint density at radius 1 is 0.281 bits per heavy atom. The predicted molar refractivity (Wildman–Crippen MR) is 237 cm³/mol. The summed E-state index contributed by atoms with van der Waals surface area (Å²) in [7, 11) is 0. The summed E-state index contributed by atoms with van der Waals surface area (Å²) in [5, 5.41) is 12.8. The van der Waals surface area contributed by atoms with Crippen LogP contribution in [0, 0.1) is 0 Å². The molecule has 10 aromatic carbocycles. The molecule has 264 valence electrons. The van der Waals surface area contributed by atoms with Gasteiger partial charge in [0.2, 0.25) is 0 Å². The maximum atomic E-state index is 5.09. The van der Waals surface area contributed by atoms with E-state index in [9.17, 15) is 0 Å². The summed E-state index contributed by atoms with van der Waals surface area (Å²) in [5.74, 6) is 1.92. The van der Waals surface area contributed by atoms with Crippen LogP contribution in [0.2, 0.25) is 0 Å². The van der Waals surface area contributed by atoms with E-state index in [-0.39, 0.29) is 0 Å². The van der Waals surface area contributed by atoms with Gasteiger partial charge in [0.25, 0.3) is 0 Å². The lowest BCUT2D eigenvalue weighted by atomic mass is 9.91. The first-order chi connectivity index (χ1) is 28.2. The number of rotatable bonds is 5. The fourth-order valence-electron chi connectivity index (χ4n) is 8.89. The number of hydrogen-bond donors (Lipinski definition) is 0. The van der Waals surface area contributed by atoms with Gasteiger partial charge >= 0.3 is 0 Å². The highest BCUT2D eigenvalue weighted by Crippen LogP contribution is 2.46. The molecule has 2 heterocycles. The van der Waals surface area contributed by atoms with Crippen LogP contribution in [0.5, 0.6) is 0 Å². The maximum absolute atomic E-state index is 5.09. The van der Waals surface area contributed by atoms with Crippen LogP contribution in [-0.2, 0) is 0 Å². The number of aromatic nitrogens is 4. The van der Waals surface area contributed by atoms with E-state index in [1.807, 2.05) is 30.3 Å². The Bertz CT molecular complexity index is 3490. The first kappa shape index (κ1) is 31.6. The third-order valence-electron chi connectivity index (χ3n) is 11.6. The molecule has 0 bridgehead atoms. The second kappa shape index (κ2) is 12.4. The van der Waals surface area contributed by atoms with Crippen LogP contribution in [0.3, 0.4) is 0 Å². The SMILES string of the molecule is c1ccc(-c2nc(-c3ccc(-c4ccc5ccccc5c4)cc3)nc(-c3ccc(-n4c5cccc6c7ccccc7c7c8ccccc8cc4c7c65)cc3)n2)cc1. The van der Waals surface area contributed by atoms with Crippen molar-refractivity contribution >= 4 is 64.9 Å². The molecule has 0 saturated carbocycles. The lowest BCUT2D eigenvalue weighted by Crippen LogP contribution is -2.00. The molecule has 12 aromatic rings. The lowest BCUT2D eigenvalue weighted by Gasteiger charge is -2.12. The van der Waals surface area contributed by atoms with Gasteiger partial charge in [-0.3, -0.25) is 0 Å². The molecule has 0 radical (unpaired) electrons. The largest absolute Gasteiger partial charge is 0.309 e. The second-order valence-electron chi connectivity index (χ2n) is 14.8. The Labute approximate surface area is 328 Å². The van der Waals surface area contributed by atoms with Gasteiger partial charge < -0.3 is 4.57 Å². The van der Waals surface area contributed by atoms with Crippen molar-refractivity contribution in [3.63, 3.8) is 0 Å². The highest BCUT2D eigenvalue weighted by atomic mass is 15.0. The minimum Gasteiger partial charge on any atom is -0.309 e. The minimum atomic E-state index is 0.634. The summed E-state index contributed by atoms with van der Waals surface area (Å²) < 4.78 is 2.42. The van der Waals surface area contributed by atoms with E-state index in [0.717, 1.165) is 27.9 Å². The van der Waals surface area contributed by atoms with E-state index in [4.69, 9.17) is 15.0 Å². The zero-order valence-corrected chi connectivity index (χ0v) is 30.8. The second-order valence-corrected chi connectivity index (χ2v) is 14.8. The van der Waals surface area contributed by atoms with Gasteiger partial charge in [-0.25, -0.2) is 15.0 Å². The fraction of sp³-hybridized carbons (Fsp3) is 0. The average Bonchev–Trinajstić information content (AvgIpc) is 3.62. The van der Waals surface area contributed by atoms with Gasteiger partial charge in [-0.2, -0.15) is 0 Å². The van der Waals surface area contributed by atoms with Crippen molar-refractivity contribution in [2.45, 2.75) is 0 Å². The van der Waals surface area contributed by atoms with Crippen molar-refractivity contribution in [1.29, 1.82) is 0 Å². The van der Waals surface area contributed by atoms with Crippen molar-refractivity contribution < 1.29 is 0 Å². The number of hydrogen-bond acceptors (Lipinski definition) is 3. The molecule has 0 amide bonds. The van der Waals surface area contributed by atoms with Crippen LogP contribution in [0.15, 0.2) is 194 Å². The zero-order valence-electron chi connectivity index (χ0n) is 30.8. The molecule has 0 aliphatic carbocycles. The van der Waals surface area contributed by atoms with E-state index >= 15 is 0 Å². The standard InChI is InChI=1S/C53H32N4/c1-2-12-35(13-3-1)51-54-52(36-24-21-34(22-25-36)39-26-23-33-11-4-5-14-38(33)31-39)56-53(55-51)37-27-29-41(30-28-37)57-46-20-10-19-45-43-17-8-9-18-44(43)48-42-16-7-6-15-40(42)32-47(57)50(48)49(45)46/h1-32H. The predicted octanol–water partition coefficient (Wildman–Crippen LogP) is 13.7. The lowest BCUT2D eigenvalue weighted by molar-refractivity contribution is 1.07. The summed E-state index contributed by atoms with van der Waals surface area (Å²) in [4.78, 5) is 15.1. The molecule has 12 rings (SSSR count). The molecule has 0 N–H and O–H groups in total. The van der Waals surface area contributed by atoms with E-state index in [1.54, 1.807) is 0 Å². The van der Waals surface area contributed by atoms with Gasteiger partial charge in [0.05, 0.1) is 11.0 Å². The Balaban J connectivity index is 0.993. The summed E-state index contributed by atoms with van der Waals surface area (Å²) in [6.45, 7) is 0. The molecule has 0 fully saturated rings. The molecule has 57 heavy (non-hydrogen) atoms. The van der Waals surface area contributed by atoms with Crippen LogP contribution in [0.4, 0.5) is 0 Å². The van der Waals surface area contributed by atoms with Gasteiger partial charge in [-0.1, -0.05) is 152 Å². The molecular formula is C53H32N4.